The molecule has 0 radical (unpaired) electrons. The first-order valence-corrected chi connectivity index (χ1v) is 9.60. The summed E-state index contributed by atoms with van der Waals surface area (Å²) in [5.41, 5.74) is 7.59. The fraction of sp³-hybridized carbons (Fsp3) is 0.381. The zero-order chi connectivity index (χ0) is 21.7. The Morgan fingerprint density at radius 3 is 2.43 bits per heavy atom. The second-order valence-corrected chi connectivity index (χ2v) is 6.96. The van der Waals surface area contributed by atoms with Gasteiger partial charge in [-0.25, -0.2) is 0 Å². The molecule has 3 rings (SSSR count). The van der Waals surface area contributed by atoms with Crippen LogP contribution in [0.1, 0.15) is 10.4 Å². The summed E-state index contributed by atoms with van der Waals surface area (Å²) in [5, 5.41) is 41.7. The van der Waals surface area contributed by atoms with E-state index in [0.29, 0.717) is 24.4 Å². The van der Waals surface area contributed by atoms with E-state index in [1.807, 2.05) is 6.07 Å². The Hall–Kier alpha value is -2.53. The fourth-order valence-corrected chi connectivity index (χ4v) is 3.15. The number of rotatable bonds is 7. The van der Waals surface area contributed by atoms with Gasteiger partial charge in [0.2, 0.25) is 6.29 Å². The number of aliphatic hydroxyl groups is 4. The van der Waals surface area contributed by atoms with E-state index < -0.39 is 37.3 Å². The van der Waals surface area contributed by atoms with Gasteiger partial charge >= 0.3 is 0 Å². The second-order valence-electron chi connectivity index (χ2n) is 6.96. The van der Waals surface area contributed by atoms with Crippen LogP contribution in [0, 0.1) is 0 Å². The highest BCUT2D eigenvalue weighted by molar-refractivity contribution is 5.95. The van der Waals surface area contributed by atoms with Crippen LogP contribution in [0.4, 0.5) is 0 Å². The van der Waals surface area contributed by atoms with Crippen molar-refractivity contribution in [2.75, 3.05) is 19.7 Å². The van der Waals surface area contributed by atoms with Crippen LogP contribution in [0.25, 0.3) is 11.1 Å². The summed E-state index contributed by atoms with van der Waals surface area (Å²) in [6.07, 6.45) is -6.72. The van der Waals surface area contributed by atoms with Crippen LogP contribution in [0.15, 0.2) is 48.5 Å². The molecule has 1 fully saturated rings. The van der Waals surface area contributed by atoms with Crippen LogP contribution in [-0.2, 0) is 4.74 Å². The highest BCUT2D eigenvalue weighted by Crippen LogP contribution is 2.27. The van der Waals surface area contributed by atoms with Gasteiger partial charge in [-0.1, -0.05) is 24.3 Å². The maximum Gasteiger partial charge on any atom is 0.251 e. The third-order valence-corrected chi connectivity index (χ3v) is 4.84. The van der Waals surface area contributed by atoms with Gasteiger partial charge < -0.3 is 41.0 Å². The maximum atomic E-state index is 12.1. The Bertz CT molecular complexity index is 844. The van der Waals surface area contributed by atoms with Gasteiger partial charge in [0.05, 0.1) is 6.61 Å². The molecule has 0 aliphatic carbocycles. The van der Waals surface area contributed by atoms with E-state index in [4.69, 9.17) is 15.2 Å². The van der Waals surface area contributed by atoms with E-state index in [1.165, 1.54) is 0 Å². The SMILES string of the molecule is NCCNC(=O)c1cccc(-c2ccc(O[C@H]3O[C@H](CO)[C@@H](O)[C@@H](O)[C@H]3O)cc2)c1. The van der Waals surface area contributed by atoms with Gasteiger partial charge in [-0.3, -0.25) is 4.79 Å². The van der Waals surface area contributed by atoms with Gasteiger partial charge in [0.1, 0.15) is 30.2 Å². The average Bonchev–Trinajstić information content (AvgIpc) is 2.78. The molecule has 0 spiro atoms. The first-order valence-electron chi connectivity index (χ1n) is 9.60. The molecule has 9 heteroatoms. The number of aliphatic hydroxyl groups excluding tert-OH is 4. The zero-order valence-electron chi connectivity index (χ0n) is 16.2. The Morgan fingerprint density at radius 1 is 1.03 bits per heavy atom. The van der Waals surface area contributed by atoms with Crippen molar-refractivity contribution < 1.29 is 34.7 Å². The lowest BCUT2D eigenvalue weighted by molar-refractivity contribution is -0.277. The normalized spacial score (nSPS) is 26.2. The van der Waals surface area contributed by atoms with Crippen LogP contribution in [-0.4, -0.2) is 76.7 Å². The molecule has 2 aromatic rings. The number of carbonyl (C=O) groups is 1. The number of nitrogens with one attached hydrogen (secondary N) is 1. The largest absolute Gasteiger partial charge is 0.462 e. The molecule has 7 N–H and O–H groups in total. The molecule has 1 heterocycles. The van der Waals surface area contributed by atoms with E-state index in [2.05, 4.69) is 5.32 Å². The molecule has 1 aliphatic heterocycles. The summed E-state index contributed by atoms with van der Waals surface area (Å²) in [4.78, 5) is 12.1. The van der Waals surface area contributed by atoms with Gasteiger partial charge in [0, 0.05) is 18.7 Å². The minimum absolute atomic E-state index is 0.204. The minimum atomic E-state index is -1.51. The van der Waals surface area contributed by atoms with Crippen LogP contribution in [0.3, 0.4) is 0 Å². The van der Waals surface area contributed by atoms with Crippen molar-refractivity contribution in [3.8, 4) is 16.9 Å². The monoisotopic (exact) mass is 418 g/mol. The summed E-state index contributed by atoms with van der Waals surface area (Å²) < 4.78 is 10.9. The highest BCUT2D eigenvalue weighted by Gasteiger charge is 2.44. The summed E-state index contributed by atoms with van der Waals surface area (Å²) in [7, 11) is 0. The molecular weight excluding hydrogens is 392 g/mol. The number of amides is 1. The van der Waals surface area contributed by atoms with Crippen LogP contribution < -0.4 is 15.8 Å². The number of benzene rings is 2. The third kappa shape index (κ3) is 4.96. The van der Waals surface area contributed by atoms with Gasteiger partial charge in [-0.05, 0) is 35.4 Å². The molecular formula is C21H26N2O7. The highest BCUT2D eigenvalue weighted by atomic mass is 16.7. The van der Waals surface area contributed by atoms with Gasteiger partial charge in [-0.2, -0.15) is 0 Å². The second kappa shape index (κ2) is 9.98. The van der Waals surface area contributed by atoms with Gasteiger partial charge in [0.15, 0.2) is 0 Å². The number of nitrogens with two attached hydrogens (primary N) is 1. The van der Waals surface area contributed by atoms with Crippen LogP contribution >= 0.6 is 0 Å². The predicted octanol–water partition coefficient (Wildman–Crippen LogP) is -0.779. The maximum absolute atomic E-state index is 12.1. The Balaban J connectivity index is 1.70. The fourth-order valence-electron chi connectivity index (χ4n) is 3.15. The summed E-state index contributed by atoms with van der Waals surface area (Å²) >= 11 is 0. The number of hydrogen-bond donors (Lipinski definition) is 6. The quantitative estimate of drug-likeness (QED) is 0.342. The molecule has 30 heavy (non-hydrogen) atoms. The Morgan fingerprint density at radius 2 is 1.77 bits per heavy atom. The molecule has 1 aliphatic rings. The molecule has 2 aromatic carbocycles. The standard InChI is InChI=1S/C21H26N2O7/c22-8-9-23-20(28)14-3-1-2-13(10-14)12-4-6-15(7-5-12)29-21-19(27)18(26)17(25)16(11-24)30-21/h1-7,10,16-19,21,24-27H,8-9,11,22H2,(H,23,28)/t16-,17-,18-,19-,21+/m1/s1. The first-order chi connectivity index (χ1) is 14.4. The van der Waals surface area contributed by atoms with E-state index in [-0.39, 0.29) is 5.91 Å². The average molecular weight is 418 g/mol. The van der Waals surface area contributed by atoms with Crippen molar-refractivity contribution in [3.05, 3.63) is 54.1 Å². The molecule has 162 valence electrons. The zero-order valence-corrected chi connectivity index (χ0v) is 16.2. The smallest absolute Gasteiger partial charge is 0.251 e. The Labute approximate surface area is 173 Å². The molecule has 0 saturated carbocycles. The van der Waals surface area contributed by atoms with Crippen molar-refractivity contribution in [1.82, 2.24) is 5.32 Å². The Kier molecular flexibility index (Phi) is 7.38. The number of hydrogen-bond acceptors (Lipinski definition) is 8. The molecule has 0 unspecified atom stereocenters. The third-order valence-electron chi connectivity index (χ3n) is 4.84. The lowest BCUT2D eigenvalue weighted by Gasteiger charge is -2.39. The van der Waals surface area contributed by atoms with Crippen molar-refractivity contribution in [2.45, 2.75) is 30.7 Å². The number of carbonyl (C=O) groups excluding carboxylic acids is 1. The molecule has 5 atom stereocenters. The van der Waals surface area contributed by atoms with Crippen LogP contribution in [0.2, 0.25) is 0 Å². The van der Waals surface area contributed by atoms with Crippen molar-refractivity contribution in [3.63, 3.8) is 0 Å². The number of ether oxygens (including phenoxy) is 2. The van der Waals surface area contributed by atoms with Crippen molar-refractivity contribution >= 4 is 5.91 Å². The molecule has 0 aromatic heterocycles. The molecule has 1 saturated heterocycles. The van der Waals surface area contributed by atoms with E-state index >= 15 is 0 Å². The molecule has 1 amide bonds. The molecule has 9 nitrogen and oxygen atoms in total. The van der Waals surface area contributed by atoms with Crippen molar-refractivity contribution in [2.24, 2.45) is 5.73 Å². The lowest BCUT2D eigenvalue weighted by atomic mass is 9.99. The van der Waals surface area contributed by atoms with E-state index in [1.54, 1.807) is 42.5 Å². The van der Waals surface area contributed by atoms with Crippen LogP contribution in [0.5, 0.6) is 5.75 Å². The summed E-state index contributed by atoms with van der Waals surface area (Å²) in [5.74, 6) is 0.157. The topological polar surface area (TPSA) is 154 Å². The van der Waals surface area contributed by atoms with Gasteiger partial charge in [0.25, 0.3) is 5.91 Å². The summed E-state index contributed by atoms with van der Waals surface area (Å²) in [6, 6.07) is 14.0. The predicted molar refractivity (Wildman–Crippen MR) is 108 cm³/mol. The minimum Gasteiger partial charge on any atom is -0.462 e. The molecule has 0 bridgehead atoms. The summed E-state index contributed by atoms with van der Waals surface area (Å²) in [6.45, 7) is 0.229. The first kappa shape index (κ1) is 22.2. The van der Waals surface area contributed by atoms with Crippen molar-refractivity contribution in [1.29, 1.82) is 0 Å². The van der Waals surface area contributed by atoms with E-state index in [0.717, 1.165) is 11.1 Å². The van der Waals surface area contributed by atoms with Gasteiger partial charge in [-0.15, -0.1) is 0 Å². The lowest BCUT2D eigenvalue weighted by Crippen LogP contribution is -2.60. The van der Waals surface area contributed by atoms with E-state index in [9.17, 15) is 25.2 Å².